The lowest BCUT2D eigenvalue weighted by atomic mass is 10.1. The van der Waals surface area contributed by atoms with Crippen LogP contribution in [0.25, 0.3) is 11.3 Å². The van der Waals surface area contributed by atoms with Crippen molar-refractivity contribution in [3.63, 3.8) is 0 Å². The highest BCUT2D eigenvalue weighted by atomic mass is 32.1. The van der Waals surface area contributed by atoms with Crippen molar-refractivity contribution in [2.24, 2.45) is 7.05 Å². The Bertz CT molecular complexity index is 1280. The fourth-order valence-electron chi connectivity index (χ4n) is 3.35. The fraction of sp³-hybridized carbons (Fsp3) is 0.200. The number of amides is 2. The molecule has 2 heterocycles. The summed E-state index contributed by atoms with van der Waals surface area (Å²) in [5.41, 5.74) is 3.23. The van der Waals surface area contributed by atoms with Crippen LogP contribution in [-0.2, 0) is 18.4 Å². The lowest BCUT2D eigenvalue weighted by molar-refractivity contribution is -0.119. The van der Waals surface area contributed by atoms with Crippen molar-refractivity contribution in [3.05, 3.63) is 83.3 Å². The van der Waals surface area contributed by atoms with Gasteiger partial charge in [-0.05, 0) is 36.8 Å². The Morgan fingerprint density at radius 2 is 1.85 bits per heavy atom. The molecule has 9 heteroatoms. The first-order valence-electron chi connectivity index (χ1n) is 10.7. The largest absolute Gasteiger partial charge is 0.486 e. The van der Waals surface area contributed by atoms with Gasteiger partial charge in [0.25, 0.3) is 5.91 Å². The number of benzene rings is 2. The van der Waals surface area contributed by atoms with E-state index in [-0.39, 0.29) is 17.9 Å². The van der Waals surface area contributed by atoms with Gasteiger partial charge < -0.3 is 14.6 Å². The van der Waals surface area contributed by atoms with E-state index in [1.54, 1.807) is 30.5 Å². The van der Waals surface area contributed by atoms with Gasteiger partial charge in [0.1, 0.15) is 18.2 Å². The monoisotopic (exact) mass is 475 g/mol. The van der Waals surface area contributed by atoms with Crippen molar-refractivity contribution < 1.29 is 14.3 Å². The first kappa shape index (κ1) is 23.2. The van der Waals surface area contributed by atoms with E-state index in [9.17, 15) is 9.59 Å². The number of imidazole rings is 1. The summed E-state index contributed by atoms with van der Waals surface area (Å²) in [7, 11) is 1.91. The van der Waals surface area contributed by atoms with Gasteiger partial charge in [-0.1, -0.05) is 24.3 Å². The molecule has 0 fully saturated rings. The first-order valence-corrected chi connectivity index (χ1v) is 11.6. The number of aromatic nitrogens is 3. The summed E-state index contributed by atoms with van der Waals surface area (Å²) in [5, 5.41) is 8.13. The van der Waals surface area contributed by atoms with E-state index in [2.05, 4.69) is 20.6 Å². The van der Waals surface area contributed by atoms with Gasteiger partial charge in [-0.2, -0.15) is 0 Å². The standard InChI is InChI=1S/C25H25N5O3S/c1-16(27-17(2)31)18-4-6-19(7-5-18)22-15-34-25(28-22)29-24(32)20-8-10-21(11-9-20)33-14-23-26-12-13-30(23)3/h4-13,15-16H,14H2,1-3H3,(H,27,31)(H,28,29,32). The molecule has 1 atom stereocenters. The Hall–Kier alpha value is -3.98. The minimum atomic E-state index is -0.240. The Kier molecular flexibility index (Phi) is 7.03. The number of nitrogens with zero attached hydrogens (tertiary/aromatic N) is 3. The molecule has 2 N–H and O–H groups in total. The summed E-state index contributed by atoms with van der Waals surface area (Å²) in [6.07, 6.45) is 3.58. The van der Waals surface area contributed by atoms with E-state index < -0.39 is 0 Å². The SMILES string of the molecule is CC(=O)NC(C)c1ccc(-c2csc(NC(=O)c3ccc(OCc4nccn4C)cc3)n2)cc1. The topological polar surface area (TPSA) is 98.1 Å². The van der Waals surface area contributed by atoms with Gasteiger partial charge in [-0.25, -0.2) is 9.97 Å². The maximum absolute atomic E-state index is 12.6. The molecule has 2 aromatic carbocycles. The molecular weight excluding hydrogens is 450 g/mol. The quantitative estimate of drug-likeness (QED) is 0.389. The van der Waals surface area contributed by atoms with Gasteiger partial charge in [0.05, 0.1) is 11.7 Å². The number of hydrogen-bond acceptors (Lipinski definition) is 6. The summed E-state index contributed by atoms with van der Waals surface area (Å²) in [6.45, 7) is 3.79. The van der Waals surface area contributed by atoms with Crippen LogP contribution in [0.3, 0.4) is 0 Å². The molecule has 0 aliphatic rings. The molecule has 0 aliphatic heterocycles. The fourth-order valence-corrected chi connectivity index (χ4v) is 4.06. The number of ether oxygens (including phenoxy) is 1. The lowest BCUT2D eigenvalue weighted by Gasteiger charge is -2.13. The number of rotatable bonds is 8. The van der Waals surface area contributed by atoms with Crippen LogP contribution in [0, 0.1) is 0 Å². The zero-order valence-corrected chi connectivity index (χ0v) is 19.9. The van der Waals surface area contributed by atoms with E-state index >= 15 is 0 Å². The zero-order valence-electron chi connectivity index (χ0n) is 19.1. The van der Waals surface area contributed by atoms with E-state index in [1.807, 2.05) is 54.4 Å². The Balaban J connectivity index is 1.35. The number of thiazole rings is 1. The van der Waals surface area contributed by atoms with Gasteiger partial charge in [-0.3, -0.25) is 14.9 Å². The summed E-state index contributed by atoms with van der Waals surface area (Å²) < 4.78 is 7.63. The van der Waals surface area contributed by atoms with Crippen LogP contribution >= 0.6 is 11.3 Å². The Labute approximate surface area is 201 Å². The normalized spacial score (nSPS) is 11.6. The van der Waals surface area contributed by atoms with E-state index in [1.165, 1.54) is 18.3 Å². The van der Waals surface area contributed by atoms with Crippen molar-refractivity contribution in [2.45, 2.75) is 26.5 Å². The highest BCUT2D eigenvalue weighted by Crippen LogP contribution is 2.27. The number of anilines is 1. The number of carbonyl (C=O) groups is 2. The van der Waals surface area contributed by atoms with Gasteiger partial charge in [0.2, 0.25) is 5.91 Å². The lowest BCUT2D eigenvalue weighted by Crippen LogP contribution is -2.23. The van der Waals surface area contributed by atoms with Gasteiger partial charge in [0, 0.05) is 42.9 Å². The van der Waals surface area contributed by atoms with E-state index in [0.29, 0.717) is 23.1 Å². The van der Waals surface area contributed by atoms with Gasteiger partial charge in [0.15, 0.2) is 5.13 Å². The van der Waals surface area contributed by atoms with Crippen molar-refractivity contribution in [1.29, 1.82) is 0 Å². The molecule has 1 unspecified atom stereocenters. The molecule has 2 amide bonds. The molecule has 4 rings (SSSR count). The van der Waals surface area contributed by atoms with Gasteiger partial charge >= 0.3 is 0 Å². The predicted octanol–water partition coefficient (Wildman–Crippen LogP) is 4.57. The predicted molar refractivity (Wildman–Crippen MR) is 132 cm³/mol. The number of aryl methyl sites for hydroxylation is 1. The average Bonchev–Trinajstić information content (AvgIpc) is 3.46. The van der Waals surface area contributed by atoms with Crippen LogP contribution < -0.4 is 15.4 Å². The molecule has 174 valence electrons. The van der Waals surface area contributed by atoms with Crippen molar-refractivity contribution >= 4 is 28.3 Å². The second kappa shape index (κ2) is 10.3. The van der Waals surface area contributed by atoms with Crippen LogP contribution in [-0.4, -0.2) is 26.3 Å². The highest BCUT2D eigenvalue weighted by Gasteiger charge is 2.12. The third-order valence-corrected chi connectivity index (χ3v) is 6.01. The third-order valence-electron chi connectivity index (χ3n) is 5.26. The molecule has 0 saturated carbocycles. The van der Waals surface area contributed by atoms with Gasteiger partial charge in [-0.15, -0.1) is 11.3 Å². The highest BCUT2D eigenvalue weighted by molar-refractivity contribution is 7.14. The molecule has 2 aromatic heterocycles. The summed E-state index contributed by atoms with van der Waals surface area (Å²) in [6, 6.07) is 14.7. The summed E-state index contributed by atoms with van der Waals surface area (Å²) >= 11 is 1.36. The second-order valence-electron chi connectivity index (χ2n) is 7.80. The van der Waals surface area contributed by atoms with Crippen molar-refractivity contribution in [2.75, 3.05) is 5.32 Å². The summed E-state index contributed by atoms with van der Waals surface area (Å²) in [5.74, 6) is 1.17. The second-order valence-corrected chi connectivity index (χ2v) is 8.66. The molecule has 0 radical (unpaired) electrons. The average molecular weight is 476 g/mol. The molecule has 34 heavy (non-hydrogen) atoms. The zero-order chi connectivity index (χ0) is 24.1. The summed E-state index contributed by atoms with van der Waals surface area (Å²) in [4.78, 5) is 32.6. The van der Waals surface area contributed by atoms with E-state index in [4.69, 9.17) is 4.74 Å². The van der Waals surface area contributed by atoms with Crippen LogP contribution in [0.2, 0.25) is 0 Å². The van der Waals surface area contributed by atoms with Crippen LogP contribution in [0.4, 0.5) is 5.13 Å². The smallest absolute Gasteiger partial charge is 0.257 e. The maximum Gasteiger partial charge on any atom is 0.257 e. The van der Waals surface area contributed by atoms with E-state index in [0.717, 1.165) is 22.6 Å². The molecule has 4 aromatic rings. The Morgan fingerprint density at radius 1 is 1.12 bits per heavy atom. The minimum absolute atomic E-state index is 0.0663. The maximum atomic E-state index is 12.6. The third kappa shape index (κ3) is 5.68. The molecular formula is C25H25N5O3S. The minimum Gasteiger partial charge on any atom is -0.486 e. The Morgan fingerprint density at radius 3 is 2.50 bits per heavy atom. The first-order chi connectivity index (χ1) is 16.4. The number of hydrogen-bond donors (Lipinski definition) is 2. The van der Waals surface area contributed by atoms with Crippen LogP contribution in [0.1, 0.15) is 41.6 Å². The molecule has 0 bridgehead atoms. The van der Waals surface area contributed by atoms with Crippen LogP contribution in [0.15, 0.2) is 66.3 Å². The van der Waals surface area contributed by atoms with Crippen molar-refractivity contribution in [1.82, 2.24) is 19.9 Å². The number of nitrogens with one attached hydrogen (secondary N) is 2. The number of carbonyl (C=O) groups excluding carboxylic acids is 2. The van der Waals surface area contributed by atoms with Crippen LogP contribution in [0.5, 0.6) is 5.75 Å². The molecule has 8 nitrogen and oxygen atoms in total. The molecule has 0 saturated heterocycles. The molecule has 0 spiro atoms. The molecule has 0 aliphatic carbocycles. The van der Waals surface area contributed by atoms with Crippen molar-refractivity contribution in [3.8, 4) is 17.0 Å².